The largest absolute Gasteiger partial charge is 0.497 e. The van der Waals surface area contributed by atoms with Crippen LogP contribution in [0.3, 0.4) is 0 Å². The van der Waals surface area contributed by atoms with E-state index in [0.717, 1.165) is 46.1 Å². The second-order valence-corrected chi connectivity index (χ2v) is 8.20. The first kappa shape index (κ1) is 20.0. The van der Waals surface area contributed by atoms with Gasteiger partial charge < -0.3 is 18.9 Å². The highest BCUT2D eigenvalue weighted by Crippen LogP contribution is 2.32. The van der Waals surface area contributed by atoms with Crippen molar-refractivity contribution in [2.75, 3.05) is 20.3 Å². The fourth-order valence-electron chi connectivity index (χ4n) is 3.98. The molecule has 0 radical (unpaired) electrons. The Balaban J connectivity index is 1.69. The summed E-state index contributed by atoms with van der Waals surface area (Å²) in [5.41, 5.74) is 2.72. The average molecular weight is 457 g/mol. The van der Waals surface area contributed by atoms with Gasteiger partial charge in [-0.05, 0) is 52.5 Å². The molecular formula is C23H25BrN2O3. The van der Waals surface area contributed by atoms with Gasteiger partial charge >= 0.3 is 0 Å². The number of methoxy groups -OCH3 is 1. The molecule has 3 aromatic rings. The number of benzene rings is 2. The molecule has 0 N–H and O–H groups in total. The van der Waals surface area contributed by atoms with Crippen LogP contribution in [-0.2, 0) is 18.3 Å². The van der Waals surface area contributed by atoms with Crippen LogP contribution in [0.4, 0.5) is 0 Å². The Morgan fingerprint density at radius 1 is 1.28 bits per heavy atom. The molecule has 1 amide bonds. The summed E-state index contributed by atoms with van der Waals surface area (Å²) in [6.07, 6.45) is 2.11. The van der Waals surface area contributed by atoms with Crippen LogP contribution in [0.2, 0.25) is 0 Å². The molecular weight excluding hydrogens is 432 g/mol. The Kier molecular flexibility index (Phi) is 5.92. The van der Waals surface area contributed by atoms with Crippen molar-refractivity contribution in [1.82, 2.24) is 9.47 Å². The number of nitrogens with zero attached hydrogens (tertiary/aromatic N) is 2. The zero-order valence-electron chi connectivity index (χ0n) is 16.7. The lowest BCUT2D eigenvalue weighted by Gasteiger charge is -2.26. The first-order chi connectivity index (χ1) is 14.1. The molecule has 1 aliphatic heterocycles. The van der Waals surface area contributed by atoms with Crippen molar-refractivity contribution in [1.29, 1.82) is 0 Å². The van der Waals surface area contributed by atoms with Crippen LogP contribution in [0.5, 0.6) is 5.75 Å². The van der Waals surface area contributed by atoms with E-state index in [1.165, 1.54) is 0 Å². The van der Waals surface area contributed by atoms with Gasteiger partial charge in [-0.1, -0.05) is 30.3 Å². The van der Waals surface area contributed by atoms with Crippen LogP contribution < -0.4 is 4.74 Å². The van der Waals surface area contributed by atoms with Crippen molar-refractivity contribution < 1.29 is 14.3 Å². The van der Waals surface area contributed by atoms with Crippen molar-refractivity contribution in [2.45, 2.75) is 25.5 Å². The minimum Gasteiger partial charge on any atom is -0.497 e. The van der Waals surface area contributed by atoms with Gasteiger partial charge in [0.2, 0.25) is 0 Å². The van der Waals surface area contributed by atoms with Crippen molar-refractivity contribution in [3.8, 4) is 5.75 Å². The highest BCUT2D eigenvalue weighted by atomic mass is 79.9. The fourth-order valence-corrected chi connectivity index (χ4v) is 4.75. The molecule has 4 rings (SSSR count). The molecule has 152 valence electrons. The molecule has 29 heavy (non-hydrogen) atoms. The van der Waals surface area contributed by atoms with E-state index in [9.17, 15) is 4.79 Å². The van der Waals surface area contributed by atoms with E-state index in [2.05, 4.69) is 15.9 Å². The van der Waals surface area contributed by atoms with E-state index >= 15 is 0 Å². The van der Waals surface area contributed by atoms with Crippen LogP contribution in [0.15, 0.2) is 53.0 Å². The number of aromatic nitrogens is 1. The summed E-state index contributed by atoms with van der Waals surface area (Å²) in [5, 5.41) is 1.04. The summed E-state index contributed by atoms with van der Waals surface area (Å²) in [6, 6.07) is 15.9. The zero-order valence-corrected chi connectivity index (χ0v) is 18.3. The van der Waals surface area contributed by atoms with E-state index < -0.39 is 0 Å². The number of carbonyl (C=O) groups excluding carboxylic acids is 1. The first-order valence-corrected chi connectivity index (χ1v) is 10.6. The van der Waals surface area contributed by atoms with Crippen molar-refractivity contribution in [3.05, 3.63) is 64.3 Å². The standard InChI is InChI=1S/C23H25BrN2O3/c1-25-20-11-4-3-10-19(20)21(24)22(25)23(27)26(15-18-9-6-12-29-18)14-16-7-5-8-17(13-16)28-2/h3-5,7-8,10-11,13,18H,6,9,12,14-15H2,1-2H3. The summed E-state index contributed by atoms with van der Waals surface area (Å²) in [5.74, 6) is 0.784. The summed E-state index contributed by atoms with van der Waals surface area (Å²) in [7, 11) is 3.59. The molecule has 1 fully saturated rings. The Morgan fingerprint density at radius 2 is 2.10 bits per heavy atom. The van der Waals surface area contributed by atoms with Crippen LogP contribution in [0.1, 0.15) is 28.9 Å². The van der Waals surface area contributed by atoms with Gasteiger partial charge in [-0.25, -0.2) is 0 Å². The monoisotopic (exact) mass is 456 g/mol. The topological polar surface area (TPSA) is 43.7 Å². The van der Waals surface area contributed by atoms with Gasteiger partial charge in [-0.15, -0.1) is 0 Å². The summed E-state index contributed by atoms with van der Waals surface area (Å²) < 4.78 is 14.0. The molecule has 1 aliphatic rings. The molecule has 0 saturated carbocycles. The number of aryl methyl sites for hydroxylation is 1. The Bertz CT molecular complexity index is 985. The maximum atomic E-state index is 13.7. The van der Waals surface area contributed by atoms with E-state index in [1.807, 2.05) is 65.0 Å². The van der Waals surface area contributed by atoms with Gasteiger partial charge in [0.15, 0.2) is 0 Å². The molecule has 1 aromatic heterocycles. The lowest BCUT2D eigenvalue weighted by atomic mass is 10.1. The average Bonchev–Trinajstić information content (AvgIpc) is 3.34. The molecule has 2 aromatic carbocycles. The van der Waals surface area contributed by atoms with Gasteiger partial charge in [0, 0.05) is 37.6 Å². The predicted molar refractivity (Wildman–Crippen MR) is 117 cm³/mol. The molecule has 0 aliphatic carbocycles. The number of hydrogen-bond acceptors (Lipinski definition) is 3. The Labute approximate surface area is 179 Å². The number of amides is 1. The Hall–Kier alpha value is -2.31. The number of hydrogen-bond donors (Lipinski definition) is 0. The molecule has 0 bridgehead atoms. The molecule has 1 atom stereocenters. The highest BCUT2D eigenvalue weighted by Gasteiger charge is 2.28. The molecule has 5 nitrogen and oxygen atoms in total. The summed E-state index contributed by atoms with van der Waals surface area (Å²) >= 11 is 3.67. The lowest BCUT2D eigenvalue weighted by Crippen LogP contribution is -2.38. The quantitative estimate of drug-likeness (QED) is 0.536. The number of ether oxygens (including phenoxy) is 2. The molecule has 2 heterocycles. The maximum Gasteiger partial charge on any atom is 0.272 e. The number of carbonyl (C=O) groups is 1. The number of rotatable bonds is 6. The minimum atomic E-state index is -0.00565. The van der Waals surface area contributed by atoms with Crippen molar-refractivity contribution in [3.63, 3.8) is 0 Å². The van der Waals surface area contributed by atoms with Crippen molar-refractivity contribution in [2.24, 2.45) is 7.05 Å². The van der Waals surface area contributed by atoms with Gasteiger partial charge in [0.1, 0.15) is 11.4 Å². The van der Waals surface area contributed by atoms with Gasteiger partial charge in [-0.2, -0.15) is 0 Å². The number of para-hydroxylation sites is 1. The number of fused-ring (bicyclic) bond motifs is 1. The molecule has 1 saturated heterocycles. The SMILES string of the molecule is COc1cccc(CN(CC2CCCO2)C(=O)c2c(Br)c3ccccc3n2C)c1. The van der Waals surface area contributed by atoms with Gasteiger partial charge in [0.25, 0.3) is 5.91 Å². The zero-order chi connectivity index (χ0) is 20.4. The fraction of sp³-hybridized carbons (Fsp3) is 0.348. The Morgan fingerprint density at radius 3 is 2.83 bits per heavy atom. The van der Waals surface area contributed by atoms with Crippen LogP contribution >= 0.6 is 15.9 Å². The normalized spacial score (nSPS) is 16.3. The highest BCUT2D eigenvalue weighted by molar-refractivity contribution is 9.10. The van der Waals surface area contributed by atoms with Gasteiger partial charge in [-0.3, -0.25) is 4.79 Å². The number of halogens is 1. The second kappa shape index (κ2) is 8.59. The minimum absolute atomic E-state index is 0.00565. The van der Waals surface area contributed by atoms with Gasteiger partial charge in [0.05, 0.1) is 17.7 Å². The first-order valence-electron chi connectivity index (χ1n) is 9.85. The summed E-state index contributed by atoms with van der Waals surface area (Å²) in [6.45, 7) is 1.84. The third kappa shape index (κ3) is 4.05. The molecule has 6 heteroatoms. The molecule has 0 spiro atoms. The predicted octanol–water partition coefficient (Wildman–Crippen LogP) is 4.77. The van der Waals surface area contributed by atoms with E-state index in [1.54, 1.807) is 7.11 Å². The smallest absolute Gasteiger partial charge is 0.272 e. The third-order valence-electron chi connectivity index (χ3n) is 5.49. The maximum absolute atomic E-state index is 13.7. The van der Waals surface area contributed by atoms with Crippen LogP contribution in [0, 0.1) is 0 Å². The third-order valence-corrected chi connectivity index (χ3v) is 6.29. The van der Waals surface area contributed by atoms with Crippen LogP contribution in [-0.4, -0.2) is 41.7 Å². The van der Waals surface area contributed by atoms with E-state index in [4.69, 9.17) is 9.47 Å². The van der Waals surface area contributed by atoms with Crippen LogP contribution in [0.25, 0.3) is 10.9 Å². The van der Waals surface area contributed by atoms with E-state index in [-0.39, 0.29) is 12.0 Å². The van der Waals surface area contributed by atoms with Crippen molar-refractivity contribution >= 4 is 32.7 Å². The lowest BCUT2D eigenvalue weighted by molar-refractivity contribution is 0.0499. The van der Waals surface area contributed by atoms with E-state index in [0.29, 0.717) is 18.8 Å². The molecule has 1 unspecified atom stereocenters. The summed E-state index contributed by atoms with van der Waals surface area (Å²) in [4.78, 5) is 15.6. The second-order valence-electron chi connectivity index (χ2n) is 7.41.